The maximum atomic E-state index is 13.0. The lowest BCUT2D eigenvalue weighted by molar-refractivity contribution is 0.271. The van der Waals surface area contributed by atoms with E-state index in [2.05, 4.69) is 13.8 Å². The summed E-state index contributed by atoms with van der Waals surface area (Å²) >= 11 is 0. The molecule has 0 spiro atoms. The third-order valence-corrected chi connectivity index (χ3v) is 11.0. The smallest absolute Gasteiger partial charge is 0.206 e. The number of ether oxygens (including phenoxy) is 3. The van der Waals surface area contributed by atoms with Gasteiger partial charge in [-0.2, -0.15) is 0 Å². The third-order valence-electron chi connectivity index (χ3n) is 7.46. The van der Waals surface area contributed by atoms with Crippen LogP contribution in [0.15, 0.2) is 117 Å². The van der Waals surface area contributed by atoms with Gasteiger partial charge in [0.25, 0.3) is 0 Å². The molecule has 4 aromatic carbocycles. The van der Waals surface area contributed by atoms with Crippen molar-refractivity contribution in [2.24, 2.45) is 5.92 Å². The number of phenolic OH excluding ortho intramolecular Hbond substituents is 1. The Morgan fingerprint density at radius 1 is 0.468 bits per heavy atom. The van der Waals surface area contributed by atoms with Crippen molar-refractivity contribution in [3.63, 3.8) is 0 Å². The molecule has 0 fully saturated rings. The quantitative estimate of drug-likeness (QED) is 0.0984. The molecule has 0 aliphatic carbocycles. The number of benzene rings is 4. The number of aromatic hydroxyl groups is 1. The van der Waals surface area contributed by atoms with E-state index in [1.165, 1.54) is 36.4 Å². The van der Waals surface area contributed by atoms with Crippen molar-refractivity contribution in [3.8, 4) is 23.0 Å². The van der Waals surface area contributed by atoms with Gasteiger partial charge in [0.1, 0.15) is 23.0 Å². The van der Waals surface area contributed by atoms with Gasteiger partial charge in [0.05, 0.1) is 39.4 Å². The first-order valence-electron chi connectivity index (χ1n) is 16.0. The van der Waals surface area contributed by atoms with E-state index in [0.29, 0.717) is 43.0 Å². The largest absolute Gasteiger partial charge is 0.508 e. The summed E-state index contributed by atoms with van der Waals surface area (Å²) in [4.78, 5) is 0.753. The maximum Gasteiger partial charge on any atom is 0.206 e. The first-order valence-corrected chi connectivity index (χ1v) is 19.0. The van der Waals surface area contributed by atoms with Gasteiger partial charge in [0.15, 0.2) is 0 Å². The van der Waals surface area contributed by atoms with Crippen molar-refractivity contribution in [1.29, 1.82) is 0 Å². The summed E-state index contributed by atoms with van der Waals surface area (Å²) in [5, 5.41) is 9.40. The van der Waals surface area contributed by atoms with Crippen LogP contribution < -0.4 is 14.2 Å². The minimum Gasteiger partial charge on any atom is -0.508 e. The molecule has 4 rings (SSSR count). The van der Waals surface area contributed by atoms with Crippen molar-refractivity contribution in [2.45, 2.75) is 78.4 Å². The average Bonchev–Trinajstić information content (AvgIpc) is 3.07. The van der Waals surface area contributed by atoms with Crippen molar-refractivity contribution >= 4 is 19.7 Å². The lowest BCUT2D eigenvalue weighted by Crippen LogP contribution is -2.05. The van der Waals surface area contributed by atoms with Crippen LogP contribution in [0.3, 0.4) is 0 Å². The molecule has 0 saturated heterocycles. The topological polar surface area (TPSA) is 116 Å². The highest BCUT2D eigenvalue weighted by Crippen LogP contribution is 2.26. The van der Waals surface area contributed by atoms with Crippen LogP contribution in [0.4, 0.5) is 0 Å². The van der Waals surface area contributed by atoms with Crippen LogP contribution in [0, 0.1) is 5.92 Å². The van der Waals surface area contributed by atoms with Crippen LogP contribution in [0.25, 0.3) is 0 Å². The van der Waals surface area contributed by atoms with Gasteiger partial charge < -0.3 is 19.3 Å². The Balaban J connectivity index is 1.05. The molecule has 1 N–H and O–H groups in total. The second-order valence-corrected chi connectivity index (χ2v) is 15.7. The summed E-state index contributed by atoms with van der Waals surface area (Å²) in [5.41, 5.74) is 0. The summed E-state index contributed by atoms with van der Waals surface area (Å²) in [6.07, 6.45) is 7.29. The minimum atomic E-state index is -3.65. The second kappa shape index (κ2) is 17.2. The van der Waals surface area contributed by atoms with E-state index in [1.807, 2.05) is 0 Å². The second-order valence-electron chi connectivity index (χ2n) is 11.8. The normalized spacial score (nSPS) is 11.8. The summed E-state index contributed by atoms with van der Waals surface area (Å²) in [6.45, 7) is 5.83. The molecule has 0 aliphatic rings. The fourth-order valence-electron chi connectivity index (χ4n) is 4.77. The van der Waals surface area contributed by atoms with Gasteiger partial charge in [-0.05, 0) is 116 Å². The zero-order valence-corrected chi connectivity index (χ0v) is 28.6. The van der Waals surface area contributed by atoms with Gasteiger partial charge in [0.2, 0.25) is 19.7 Å². The lowest BCUT2D eigenvalue weighted by Gasteiger charge is -2.10. The van der Waals surface area contributed by atoms with Gasteiger partial charge >= 0.3 is 0 Å². The fraction of sp³-hybridized carbons (Fsp3) is 0.351. The highest BCUT2D eigenvalue weighted by atomic mass is 32.2. The summed E-state index contributed by atoms with van der Waals surface area (Å²) < 4.78 is 68.7. The van der Waals surface area contributed by atoms with Crippen LogP contribution in [0.1, 0.15) is 58.8 Å². The van der Waals surface area contributed by atoms with Crippen LogP contribution in [-0.4, -0.2) is 41.8 Å². The molecule has 0 aliphatic heterocycles. The van der Waals surface area contributed by atoms with E-state index < -0.39 is 19.7 Å². The molecule has 0 atom stereocenters. The molecule has 0 amide bonds. The molecule has 47 heavy (non-hydrogen) atoms. The fourth-order valence-corrected chi connectivity index (χ4v) is 7.30. The number of unbranched alkanes of at least 4 members (excludes halogenated alkanes) is 6. The average molecular weight is 681 g/mol. The summed E-state index contributed by atoms with van der Waals surface area (Å²) in [6, 6.07) is 24.9. The van der Waals surface area contributed by atoms with Crippen LogP contribution >= 0.6 is 0 Å². The molecule has 10 heteroatoms. The van der Waals surface area contributed by atoms with Crippen molar-refractivity contribution < 1.29 is 36.2 Å². The van der Waals surface area contributed by atoms with E-state index in [9.17, 15) is 21.9 Å². The summed E-state index contributed by atoms with van der Waals surface area (Å²) in [7, 11) is -7.27. The number of rotatable bonds is 19. The maximum absolute atomic E-state index is 13.0. The van der Waals surface area contributed by atoms with Gasteiger partial charge in [-0.15, -0.1) is 0 Å². The Morgan fingerprint density at radius 2 is 0.766 bits per heavy atom. The Labute approximate surface area is 279 Å². The predicted octanol–water partition coefficient (Wildman–Crippen LogP) is 8.28. The highest BCUT2D eigenvalue weighted by molar-refractivity contribution is 7.91. The Kier molecular flexibility index (Phi) is 13.1. The molecule has 0 bridgehead atoms. The zero-order chi connectivity index (χ0) is 33.7. The van der Waals surface area contributed by atoms with E-state index in [0.717, 1.165) is 44.9 Å². The molecule has 4 aromatic rings. The van der Waals surface area contributed by atoms with Crippen molar-refractivity contribution in [2.75, 3.05) is 19.8 Å². The molecule has 252 valence electrons. The molecule has 0 aromatic heterocycles. The Morgan fingerprint density at radius 3 is 1.11 bits per heavy atom. The molecule has 0 saturated carbocycles. The number of phenols is 1. The minimum absolute atomic E-state index is 0.0155. The first kappa shape index (κ1) is 35.8. The van der Waals surface area contributed by atoms with E-state index in [4.69, 9.17) is 14.2 Å². The van der Waals surface area contributed by atoms with Crippen molar-refractivity contribution in [3.05, 3.63) is 97.1 Å². The molecular weight excluding hydrogens is 637 g/mol. The Hall–Kier alpha value is -4.02. The number of hydrogen-bond acceptors (Lipinski definition) is 8. The van der Waals surface area contributed by atoms with Crippen LogP contribution in [0.5, 0.6) is 23.0 Å². The SMILES string of the molecule is CC(C)COc1ccc(S(=O)(=O)c2ccc(OCCCCCCCCCOc3ccc(S(=O)(=O)c4ccc(O)cc4)cc3)cc2)cc1. The molecular formula is C37H44O8S2. The lowest BCUT2D eigenvalue weighted by atomic mass is 10.1. The number of hydrogen-bond donors (Lipinski definition) is 1. The first-order chi connectivity index (χ1) is 22.6. The molecule has 0 radical (unpaired) electrons. The van der Waals surface area contributed by atoms with E-state index >= 15 is 0 Å². The summed E-state index contributed by atoms with van der Waals surface area (Å²) in [5.74, 6) is 2.33. The molecule has 0 unspecified atom stereocenters. The Bertz CT molecular complexity index is 1730. The molecule has 8 nitrogen and oxygen atoms in total. The van der Waals surface area contributed by atoms with Crippen molar-refractivity contribution in [1.82, 2.24) is 0 Å². The van der Waals surface area contributed by atoms with E-state index in [1.54, 1.807) is 60.7 Å². The standard InChI is InChI=1S/C37H44O8S2/c1-29(2)28-45-33-16-24-37(25-17-33)47(41,42)36-22-14-32(15-23-36)44-27-9-7-5-3-4-6-8-26-43-31-12-20-35(21-13-31)46(39,40)34-18-10-30(38)11-19-34/h10-25,29,38H,3-9,26-28H2,1-2H3. The predicted molar refractivity (Wildman–Crippen MR) is 182 cm³/mol. The molecule has 0 heterocycles. The monoisotopic (exact) mass is 680 g/mol. The van der Waals surface area contributed by atoms with Crippen LogP contribution in [-0.2, 0) is 19.7 Å². The van der Waals surface area contributed by atoms with Gasteiger partial charge in [-0.1, -0.05) is 46.0 Å². The van der Waals surface area contributed by atoms with Gasteiger partial charge in [0, 0.05) is 0 Å². The number of sulfone groups is 2. The zero-order valence-electron chi connectivity index (χ0n) is 27.0. The van der Waals surface area contributed by atoms with Crippen LogP contribution in [0.2, 0.25) is 0 Å². The van der Waals surface area contributed by atoms with Gasteiger partial charge in [-0.3, -0.25) is 0 Å². The third kappa shape index (κ3) is 10.8. The van der Waals surface area contributed by atoms with E-state index in [-0.39, 0.29) is 25.3 Å². The highest BCUT2D eigenvalue weighted by Gasteiger charge is 2.19. The van der Waals surface area contributed by atoms with Gasteiger partial charge in [-0.25, -0.2) is 16.8 Å².